The van der Waals surface area contributed by atoms with E-state index in [4.69, 9.17) is 9.47 Å². The van der Waals surface area contributed by atoms with Crippen molar-refractivity contribution in [1.82, 2.24) is 9.21 Å². The number of hydrogen-bond acceptors (Lipinski definition) is 5. The van der Waals surface area contributed by atoms with Crippen LogP contribution in [0.1, 0.15) is 19.3 Å². The Hall–Kier alpha value is -0.210. The van der Waals surface area contributed by atoms with Crippen LogP contribution in [-0.4, -0.2) is 82.0 Å². The number of morpholine rings is 1. The molecule has 6 nitrogen and oxygen atoms in total. The molecule has 0 amide bonds. The third-order valence-electron chi connectivity index (χ3n) is 5.06. The lowest BCUT2D eigenvalue weighted by Crippen LogP contribution is -2.48. The smallest absolute Gasteiger partial charge is 0.214 e. The molecule has 3 aliphatic rings. The summed E-state index contributed by atoms with van der Waals surface area (Å²) in [5, 5.41) is 0. The molecule has 2 atom stereocenters. The van der Waals surface area contributed by atoms with Gasteiger partial charge in [-0.3, -0.25) is 4.90 Å². The Bertz CT molecular complexity index is 450. The van der Waals surface area contributed by atoms with Crippen molar-refractivity contribution < 1.29 is 17.9 Å². The van der Waals surface area contributed by atoms with Gasteiger partial charge in [0.2, 0.25) is 10.0 Å². The molecule has 3 heterocycles. The minimum atomic E-state index is -3.16. The van der Waals surface area contributed by atoms with Gasteiger partial charge in [-0.2, -0.15) is 4.31 Å². The molecule has 0 spiro atoms. The molecule has 3 saturated heterocycles. The summed E-state index contributed by atoms with van der Waals surface area (Å²) >= 11 is 0. The monoisotopic (exact) mass is 318 g/mol. The zero-order valence-electron chi connectivity index (χ0n) is 12.7. The average molecular weight is 318 g/mol. The van der Waals surface area contributed by atoms with Gasteiger partial charge in [0.05, 0.1) is 24.5 Å². The van der Waals surface area contributed by atoms with Crippen molar-refractivity contribution >= 4 is 10.0 Å². The second-order valence-electron chi connectivity index (χ2n) is 6.43. The maximum atomic E-state index is 12.5. The van der Waals surface area contributed by atoms with Crippen LogP contribution >= 0.6 is 0 Å². The molecular weight excluding hydrogens is 292 g/mol. The molecule has 21 heavy (non-hydrogen) atoms. The highest BCUT2D eigenvalue weighted by atomic mass is 32.2. The van der Waals surface area contributed by atoms with Crippen LogP contribution in [0.25, 0.3) is 0 Å². The van der Waals surface area contributed by atoms with E-state index in [0.717, 1.165) is 39.0 Å². The van der Waals surface area contributed by atoms with E-state index in [2.05, 4.69) is 11.9 Å². The summed E-state index contributed by atoms with van der Waals surface area (Å²) in [7, 11) is -1.10. The first kappa shape index (κ1) is 15.7. The number of likely N-dealkylation sites (N-methyl/N-ethyl adjacent to an activating group) is 1. The van der Waals surface area contributed by atoms with Gasteiger partial charge in [-0.15, -0.1) is 0 Å². The molecule has 3 fully saturated rings. The molecule has 0 N–H and O–H groups in total. The lowest BCUT2D eigenvalue weighted by Gasteiger charge is -2.33. The Morgan fingerprint density at radius 1 is 1.14 bits per heavy atom. The summed E-state index contributed by atoms with van der Waals surface area (Å²) in [5.41, 5.74) is 0. The van der Waals surface area contributed by atoms with Crippen molar-refractivity contribution in [3.05, 3.63) is 0 Å². The van der Waals surface area contributed by atoms with Crippen LogP contribution in [0, 0.1) is 5.92 Å². The number of rotatable bonds is 4. The molecule has 0 aromatic heterocycles. The van der Waals surface area contributed by atoms with E-state index in [1.807, 2.05) is 0 Å². The van der Waals surface area contributed by atoms with E-state index in [0.29, 0.717) is 25.6 Å². The minimum Gasteiger partial charge on any atom is -0.381 e. The maximum Gasteiger partial charge on any atom is 0.214 e. The van der Waals surface area contributed by atoms with Gasteiger partial charge in [0.25, 0.3) is 0 Å². The predicted molar refractivity (Wildman–Crippen MR) is 79.7 cm³/mol. The number of sulfonamides is 1. The van der Waals surface area contributed by atoms with Crippen LogP contribution in [0.4, 0.5) is 0 Å². The fourth-order valence-corrected chi connectivity index (χ4v) is 5.17. The van der Waals surface area contributed by atoms with Gasteiger partial charge in [-0.25, -0.2) is 8.42 Å². The van der Waals surface area contributed by atoms with E-state index in [1.165, 1.54) is 0 Å². The number of fused-ring (bicyclic) bond motifs is 1. The minimum absolute atomic E-state index is 0.0432. The average Bonchev–Trinajstić information content (AvgIpc) is 2.93. The molecule has 3 rings (SSSR count). The Kier molecular flexibility index (Phi) is 4.85. The molecule has 7 heteroatoms. The fourth-order valence-electron chi connectivity index (χ4n) is 3.53. The Morgan fingerprint density at radius 2 is 1.90 bits per heavy atom. The standard InChI is InChI=1S/C14H26N2O4S/c1-15-5-8-20-14-11-16(10-13(14)15)21(17,18)9-4-12-2-6-19-7-3-12/h12-14H,2-11H2,1H3/t13-,14+/m0/s1. The van der Waals surface area contributed by atoms with Crippen LogP contribution in [0.2, 0.25) is 0 Å². The molecule has 0 radical (unpaired) electrons. The normalized spacial score (nSPS) is 33.2. The molecule has 0 aromatic carbocycles. The first-order valence-electron chi connectivity index (χ1n) is 7.93. The van der Waals surface area contributed by atoms with Gasteiger partial charge < -0.3 is 9.47 Å². The zero-order chi connectivity index (χ0) is 14.9. The lowest BCUT2D eigenvalue weighted by molar-refractivity contribution is -0.0366. The summed E-state index contributed by atoms with van der Waals surface area (Å²) in [6.45, 7) is 4.24. The molecule has 3 aliphatic heterocycles. The Balaban J connectivity index is 1.55. The summed E-state index contributed by atoms with van der Waals surface area (Å²) in [6.07, 6.45) is 2.79. The van der Waals surface area contributed by atoms with E-state index < -0.39 is 10.0 Å². The van der Waals surface area contributed by atoms with Crippen molar-refractivity contribution in [3.63, 3.8) is 0 Å². The van der Waals surface area contributed by atoms with Crippen LogP contribution in [0.15, 0.2) is 0 Å². The Labute approximate surface area is 127 Å². The largest absolute Gasteiger partial charge is 0.381 e. The second-order valence-corrected chi connectivity index (χ2v) is 8.52. The van der Waals surface area contributed by atoms with Crippen LogP contribution in [0.5, 0.6) is 0 Å². The molecule has 0 aliphatic carbocycles. The third kappa shape index (κ3) is 3.59. The molecule has 0 unspecified atom stereocenters. The zero-order valence-corrected chi connectivity index (χ0v) is 13.6. The summed E-state index contributed by atoms with van der Waals surface area (Å²) in [4.78, 5) is 2.22. The lowest BCUT2D eigenvalue weighted by atomic mass is 9.98. The highest BCUT2D eigenvalue weighted by Crippen LogP contribution is 2.26. The van der Waals surface area contributed by atoms with Crippen molar-refractivity contribution in [3.8, 4) is 0 Å². The first-order chi connectivity index (χ1) is 10.1. The number of ether oxygens (including phenoxy) is 2. The van der Waals surface area contributed by atoms with Crippen LogP contribution in [-0.2, 0) is 19.5 Å². The highest BCUT2D eigenvalue weighted by molar-refractivity contribution is 7.89. The first-order valence-corrected chi connectivity index (χ1v) is 9.54. The number of nitrogens with zero attached hydrogens (tertiary/aromatic N) is 2. The van der Waals surface area contributed by atoms with E-state index in [-0.39, 0.29) is 17.9 Å². The highest BCUT2D eigenvalue weighted by Gasteiger charge is 2.42. The van der Waals surface area contributed by atoms with Crippen molar-refractivity contribution in [2.75, 3.05) is 52.3 Å². The Morgan fingerprint density at radius 3 is 2.62 bits per heavy atom. The SMILES string of the molecule is CN1CCO[C@@H]2CN(S(=O)(=O)CCC3CCOCC3)C[C@@H]21. The summed E-state index contributed by atoms with van der Waals surface area (Å²) < 4.78 is 37.8. The van der Waals surface area contributed by atoms with E-state index in [9.17, 15) is 8.42 Å². The van der Waals surface area contributed by atoms with Crippen molar-refractivity contribution in [2.24, 2.45) is 5.92 Å². The molecule has 0 saturated carbocycles. The van der Waals surface area contributed by atoms with Gasteiger partial charge in [0.15, 0.2) is 0 Å². The predicted octanol–water partition coefficient (Wildman–Crippen LogP) is 0.148. The fraction of sp³-hybridized carbons (Fsp3) is 1.00. The van der Waals surface area contributed by atoms with Gasteiger partial charge in [-0.05, 0) is 32.2 Å². The van der Waals surface area contributed by atoms with E-state index >= 15 is 0 Å². The van der Waals surface area contributed by atoms with Crippen LogP contribution < -0.4 is 0 Å². The molecule has 0 bridgehead atoms. The van der Waals surface area contributed by atoms with Gasteiger partial charge in [-0.1, -0.05) is 0 Å². The van der Waals surface area contributed by atoms with Gasteiger partial charge in [0.1, 0.15) is 0 Å². The molecule has 0 aromatic rings. The van der Waals surface area contributed by atoms with Gasteiger partial charge >= 0.3 is 0 Å². The molecular formula is C14H26N2O4S. The van der Waals surface area contributed by atoms with Crippen LogP contribution in [0.3, 0.4) is 0 Å². The molecule has 122 valence electrons. The topological polar surface area (TPSA) is 59.1 Å². The third-order valence-corrected chi connectivity index (χ3v) is 6.90. The quantitative estimate of drug-likeness (QED) is 0.738. The van der Waals surface area contributed by atoms with E-state index in [1.54, 1.807) is 4.31 Å². The summed E-state index contributed by atoms with van der Waals surface area (Å²) in [6, 6.07) is 0.219. The maximum absolute atomic E-state index is 12.5. The number of hydrogen-bond donors (Lipinski definition) is 0. The van der Waals surface area contributed by atoms with Gasteiger partial charge in [0, 0.05) is 32.8 Å². The van der Waals surface area contributed by atoms with Crippen molar-refractivity contribution in [1.29, 1.82) is 0 Å². The van der Waals surface area contributed by atoms with Crippen molar-refractivity contribution in [2.45, 2.75) is 31.4 Å². The summed E-state index contributed by atoms with van der Waals surface area (Å²) in [5.74, 6) is 0.762. The second kappa shape index (κ2) is 6.50.